The van der Waals surface area contributed by atoms with Gasteiger partial charge in [-0.15, -0.1) is 0 Å². The highest BCUT2D eigenvalue weighted by Gasteiger charge is 2.36. The number of amides is 1. The van der Waals surface area contributed by atoms with Gasteiger partial charge in [0.2, 0.25) is 0 Å². The summed E-state index contributed by atoms with van der Waals surface area (Å²) in [7, 11) is 0. The lowest BCUT2D eigenvalue weighted by molar-refractivity contribution is -0.114. The second-order valence-corrected chi connectivity index (χ2v) is 5.40. The quantitative estimate of drug-likeness (QED) is 0.860. The number of carbonyl (C=O) groups excluding carboxylic acids is 2. The topological polar surface area (TPSA) is 87.8 Å². The van der Waals surface area contributed by atoms with Gasteiger partial charge in [0.05, 0.1) is 23.4 Å². The van der Waals surface area contributed by atoms with Crippen LogP contribution in [0.3, 0.4) is 0 Å². The van der Waals surface area contributed by atoms with E-state index in [1.54, 1.807) is 18.2 Å². The van der Waals surface area contributed by atoms with Crippen LogP contribution in [-0.2, 0) is 11.3 Å². The van der Waals surface area contributed by atoms with Crippen LogP contribution in [0.1, 0.15) is 26.5 Å². The SMILES string of the molecule is O=C(O)c1coc(CN2C(=O)C(=O)c3ccc(Br)cc32)c1. The summed E-state index contributed by atoms with van der Waals surface area (Å²) in [4.78, 5) is 36.0. The van der Waals surface area contributed by atoms with Crippen LogP contribution >= 0.6 is 15.9 Å². The largest absolute Gasteiger partial charge is 0.478 e. The van der Waals surface area contributed by atoms with Gasteiger partial charge < -0.3 is 9.52 Å². The van der Waals surface area contributed by atoms with Crippen molar-refractivity contribution in [1.82, 2.24) is 0 Å². The van der Waals surface area contributed by atoms with Gasteiger partial charge in [-0.05, 0) is 24.3 Å². The third kappa shape index (κ3) is 2.25. The molecule has 1 N–H and O–H groups in total. The molecule has 0 aliphatic carbocycles. The number of hydrogen-bond acceptors (Lipinski definition) is 4. The number of hydrogen-bond donors (Lipinski definition) is 1. The molecule has 1 aromatic heterocycles. The van der Waals surface area contributed by atoms with Gasteiger partial charge in [-0.25, -0.2) is 4.79 Å². The molecule has 6 nitrogen and oxygen atoms in total. The first-order chi connectivity index (χ1) is 9.97. The number of ketones is 1. The Morgan fingerprint density at radius 1 is 1.29 bits per heavy atom. The summed E-state index contributed by atoms with van der Waals surface area (Å²) < 4.78 is 5.85. The van der Waals surface area contributed by atoms with Gasteiger partial charge >= 0.3 is 5.97 Å². The Bertz CT molecular complexity index is 779. The lowest BCUT2D eigenvalue weighted by Gasteiger charge is -2.14. The van der Waals surface area contributed by atoms with Gasteiger partial charge in [0.15, 0.2) is 0 Å². The van der Waals surface area contributed by atoms with E-state index in [1.165, 1.54) is 11.0 Å². The minimum absolute atomic E-state index is 0.00130. The van der Waals surface area contributed by atoms with Gasteiger partial charge in [-0.3, -0.25) is 14.5 Å². The third-order valence-corrected chi connectivity index (χ3v) is 3.64. The number of anilines is 1. The number of rotatable bonds is 3. The maximum atomic E-state index is 12.0. The maximum Gasteiger partial charge on any atom is 0.338 e. The Morgan fingerprint density at radius 3 is 2.71 bits per heavy atom. The molecule has 0 radical (unpaired) electrons. The van der Waals surface area contributed by atoms with Crippen LogP contribution < -0.4 is 4.90 Å². The Balaban J connectivity index is 1.95. The normalized spacial score (nSPS) is 13.7. The molecule has 2 aromatic rings. The molecule has 0 saturated heterocycles. The monoisotopic (exact) mass is 349 g/mol. The zero-order valence-electron chi connectivity index (χ0n) is 10.5. The van der Waals surface area contributed by atoms with Crippen molar-refractivity contribution >= 4 is 39.3 Å². The van der Waals surface area contributed by atoms with E-state index in [-0.39, 0.29) is 12.1 Å². The fraction of sp³-hybridized carbons (Fsp3) is 0.0714. The molecule has 2 heterocycles. The molecular weight excluding hydrogens is 342 g/mol. The number of nitrogens with zero attached hydrogens (tertiary/aromatic N) is 1. The van der Waals surface area contributed by atoms with Crippen LogP contribution in [0.2, 0.25) is 0 Å². The van der Waals surface area contributed by atoms with Gasteiger partial charge in [0.25, 0.3) is 11.7 Å². The number of carbonyl (C=O) groups is 3. The van der Waals surface area contributed by atoms with Gasteiger partial charge in [0, 0.05) is 4.47 Å². The molecule has 0 atom stereocenters. The predicted molar refractivity (Wildman–Crippen MR) is 75.3 cm³/mol. The van der Waals surface area contributed by atoms with Crippen molar-refractivity contribution in [3.05, 3.63) is 51.9 Å². The number of carboxylic acid groups (broad SMARTS) is 1. The number of furan rings is 1. The molecule has 7 heteroatoms. The average molecular weight is 350 g/mol. The number of Topliss-reactive ketones (excluding diaryl/α,β-unsaturated/α-hetero) is 1. The van der Waals surface area contributed by atoms with Crippen molar-refractivity contribution in [2.45, 2.75) is 6.54 Å². The minimum atomic E-state index is -1.11. The smallest absolute Gasteiger partial charge is 0.338 e. The van der Waals surface area contributed by atoms with Crippen LogP contribution in [0.15, 0.2) is 39.4 Å². The van der Waals surface area contributed by atoms with Crippen molar-refractivity contribution in [3.8, 4) is 0 Å². The van der Waals surface area contributed by atoms with Crippen molar-refractivity contribution in [2.75, 3.05) is 4.90 Å². The molecule has 3 rings (SSSR count). The molecule has 0 bridgehead atoms. The highest BCUT2D eigenvalue weighted by Crippen LogP contribution is 2.33. The number of aromatic carboxylic acids is 1. The summed E-state index contributed by atoms with van der Waals surface area (Å²) in [6.07, 6.45) is 1.10. The fourth-order valence-corrected chi connectivity index (χ4v) is 2.50. The van der Waals surface area contributed by atoms with E-state index in [1.807, 2.05) is 0 Å². The molecule has 1 aliphatic rings. The second-order valence-electron chi connectivity index (χ2n) is 4.49. The molecule has 1 amide bonds. The molecule has 0 spiro atoms. The Morgan fingerprint density at radius 2 is 2.05 bits per heavy atom. The first-order valence-electron chi connectivity index (χ1n) is 5.94. The second kappa shape index (κ2) is 4.85. The zero-order chi connectivity index (χ0) is 15.1. The maximum absolute atomic E-state index is 12.0. The standard InChI is InChI=1S/C14H8BrNO5/c15-8-1-2-10-11(4-8)16(13(18)12(10)17)5-9-3-7(6-21-9)14(19)20/h1-4,6H,5H2,(H,19,20). The Kier molecular flexibility index (Phi) is 3.13. The number of benzene rings is 1. The van der Waals surface area contributed by atoms with Gasteiger partial charge in [-0.2, -0.15) is 0 Å². The summed E-state index contributed by atoms with van der Waals surface area (Å²) in [5, 5.41) is 8.85. The van der Waals surface area contributed by atoms with Crippen LogP contribution in [0.5, 0.6) is 0 Å². The summed E-state index contributed by atoms with van der Waals surface area (Å²) in [6.45, 7) is 0.00130. The first-order valence-corrected chi connectivity index (χ1v) is 6.73. The molecule has 1 aliphatic heterocycles. The lowest BCUT2D eigenvalue weighted by Crippen LogP contribution is -2.28. The van der Waals surface area contributed by atoms with E-state index in [0.717, 1.165) is 10.7 Å². The molecule has 106 valence electrons. The van der Waals surface area contributed by atoms with Crippen molar-refractivity contribution < 1.29 is 23.9 Å². The van der Waals surface area contributed by atoms with E-state index >= 15 is 0 Å². The highest BCUT2D eigenvalue weighted by atomic mass is 79.9. The van der Waals surface area contributed by atoms with Crippen molar-refractivity contribution in [2.24, 2.45) is 0 Å². The number of halogens is 1. The third-order valence-electron chi connectivity index (χ3n) is 3.15. The molecular formula is C14H8BrNO5. The summed E-state index contributed by atoms with van der Waals surface area (Å²) >= 11 is 3.29. The van der Waals surface area contributed by atoms with Crippen LogP contribution in [0.4, 0.5) is 5.69 Å². The van der Waals surface area contributed by atoms with Crippen LogP contribution in [0.25, 0.3) is 0 Å². The molecule has 0 fully saturated rings. The molecule has 0 unspecified atom stereocenters. The zero-order valence-corrected chi connectivity index (χ0v) is 12.1. The van der Waals surface area contributed by atoms with E-state index in [9.17, 15) is 14.4 Å². The van der Waals surface area contributed by atoms with Gasteiger partial charge in [0.1, 0.15) is 12.0 Å². The van der Waals surface area contributed by atoms with Crippen molar-refractivity contribution in [3.63, 3.8) is 0 Å². The predicted octanol–water partition coefficient (Wildman–Crippen LogP) is 2.47. The summed E-state index contributed by atoms with van der Waals surface area (Å²) in [5.41, 5.74) is 0.804. The molecule has 0 saturated carbocycles. The first kappa shape index (κ1) is 13.6. The molecule has 21 heavy (non-hydrogen) atoms. The van der Waals surface area contributed by atoms with Crippen LogP contribution in [-0.4, -0.2) is 22.8 Å². The number of carboxylic acids is 1. The highest BCUT2D eigenvalue weighted by molar-refractivity contribution is 9.10. The fourth-order valence-electron chi connectivity index (χ4n) is 2.16. The van der Waals surface area contributed by atoms with Crippen molar-refractivity contribution in [1.29, 1.82) is 0 Å². The lowest BCUT2D eigenvalue weighted by atomic mass is 10.1. The van der Waals surface area contributed by atoms with E-state index < -0.39 is 17.7 Å². The minimum Gasteiger partial charge on any atom is -0.478 e. The average Bonchev–Trinajstić information content (AvgIpc) is 2.99. The summed E-state index contributed by atoms with van der Waals surface area (Å²) in [6, 6.07) is 6.25. The van der Waals surface area contributed by atoms with E-state index in [2.05, 4.69) is 15.9 Å². The number of fused-ring (bicyclic) bond motifs is 1. The summed E-state index contributed by atoms with van der Waals surface area (Å²) in [5.74, 6) is -2.06. The van der Waals surface area contributed by atoms with E-state index in [0.29, 0.717) is 17.0 Å². The van der Waals surface area contributed by atoms with Gasteiger partial charge in [-0.1, -0.05) is 15.9 Å². The molecule has 1 aromatic carbocycles. The van der Waals surface area contributed by atoms with Crippen LogP contribution in [0, 0.1) is 0 Å². The van der Waals surface area contributed by atoms with E-state index in [4.69, 9.17) is 9.52 Å². The Labute approximate surface area is 127 Å². The Hall–Kier alpha value is -2.41.